The Morgan fingerprint density at radius 1 is 1.04 bits per heavy atom. The van der Waals surface area contributed by atoms with Crippen molar-refractivity contribution >= 4 is 27.4 Å². The highest BCUT2D eigenvalue weighted by Gasteiger charge is 2.63. The van der Waals surface area contributed by atoms with E-state index in [0.717, 1.165) is 11.1 Å². The summed E-state index contributed by atoms with van der Waals surface area (Å²) in [7, 11) is -3.72. The van der Waals surface area contributed by atoms with E-state index in [4.69, 9.17) is 11.6 Å². The highest BCUT2D eigenvalue weighted by atomic mass is 35.5. The highest BCUT2D eigenvalue weighted by molar-refractivity contribution is 7.92. The highest BCUT2D eigenvalue weighted by Crippen LogP contribution is 2.54. The third-order valence-corrected chi connectivity index (χ3v) is 6.69. The predicted octanol–water partition coefficient (Wildman–Crippen LogP) is 3.29. The number of carboxylic acid groups (broad SMARTS) is 1. The van der Waals surface area contributed by atoms with Crippen LogP contribution in [0.1, 0.15) is 17.0 Å². The molecule has 120 valence electrons. The van der Waals surface area contributed by atoms with Crippen LogP contribution in [0.15, 0.2) is 53.4 Å². The maximum absolute atomic E-state index is 12.8. The van der Waals surface area contributed by atoms with Gasteiger partial charge in [0, 0.05) is 10.9 Å². The molecule has 4 nitrogen and oxygen atoms in total. The second-order valence-corrected chi connectivity index (χ2v) is 8.31. The Morgan fingerprint density at radius 3 is 2.13 bits per heavy atom. The number of carbonyl (C=O) groups is 1. The Balaban J connectivity index is 1.98. The molecule has 0 amide bonds. The largest absolute Gasteiger partial charge is 0.481 e. The molecule has 0 heterocycles. The van der Waals surface area contributed by atoms with Gasteiger partial charge in [0.1, 0.15) is 0 Å². The Labute approximate surface area is 139 Å². The smallest absolute Gasteiger partial charge is 0.308 e. The standard InChI is InChI=1S/C17H15ClO4S/c1-10-2-4-11(5-3-10)14-15(17(19)20)16(14)23(21,22)13-8-6-12(18)7-9-13/h2-9,14-16H,1H3,(H,19,20)/t14-,15+,16+/m1/s1. The fourth-order valence-electron chi connectivity index (χ4n) is 2.93. The summed E-state index contributed by atoms with van der Waals surface area (Å²) >= 11 is 5.79. The van der Waals surface area contributed by atoms with E-state index >= 15 is 0 Å². The van der Waals surface area contributed by atoms with Crippen LogP contribution in [0.4, 0.5) is 0 Å². The second-order valence-electron chi connectivity index (χ2n) is 5.76. The third kappa shape index (κ3) is 2.86. The zero-order chi connectivity index (χ0) is 16.8. The minimum absolute atomic E-state index is 0.104. The average molecular weight is 351 g/mol. The summed E-state index contributed by atoms with van der Waals surface area (Å²) in [5, 5.41) is 8.87. The van der Waals surface area contributed by atoms with Gasteiger partial charge in [0.25, 0.3) is 0 Å². The van der Waals surface area contributed by atoms with Crippen LogP contribution in [0, 0.1) is 12.8 Å². The first-order valence-electron chi connectivity index (χ1n) is 7.11. The zero-order valence-electron chi connectivity index (χ0n) is 12.3. The number of halogens is 1. The van der Waals surface area contributed by atoms with E-state index in [2.05, 4.69) is 0 Å². The number of aryl methyl sites for hydroxylation is 1. The van der Waals surface area contributed by atoms with Crippen molar-refractivity contribution in [1.29, 1.82) is 0 Å². The fraction of sp³-hybridized carbons (Fsp3) is 0.235. The second kappa shape index (κ2) is 5.65. The first-order valence-corrected chi connectivity index (χ1v) is 9.03. The molecular weight excluding hydrogens is 336 g/mol. The summed E-state index contributed by atoms with van der Waals surface area (Å²) in [6.45, 7) is 1.92. The van der Waals surface area contributed by atoms with Gasteiger partial charge in [0.15, 0.2) is 9.84 Å². The molecular formula is C17H15ClO4S. The number of rotatable bonds is 4. The normalized spacial score (nSPS) is 23.5. The molecule has 3 atom stereocenters. The van der Waals surface area contributed by atoms with Crippen LogP contribution in [0.5, 0.6) is 0 Å². The van der Waals surface area contributed by atoms with Crippen molar-refractivity contribution in [3.8, 4) is 0 Å². The summed E-state index contributed by atoms with van der Waals surface area (Å²) in [4.78, 5) is 11.6. The first-order chi connectivity index (χ1) is 10.8. The van der Waals surface area contributed by atoms with E-state index in [1.54, 1.807) is 12.1 Å². The minimum Gasteiger partial charge on any atom is -0.481 e. The van der Waals surface area contributed by atoms with Gasteiger partial charge in [0.2, 0.25) is 0 Å². The Hall–Kier alpha value is -1.85. The lowest BCUT2D eigenvalue weighted by Gasteiger charge is -2.04. The summed E-state index contributed by atoms with van der Waals surface area (Å²) in [6.07, 6.45) is 0. The summed E-state index contributed by atoms with van der Waals surface area (Å²) in [6, 6.07) is 13.1. The van der Waals surface area contributed by atoms with Gasteiger partial charge >= 0.3 is 5.97 Å². The number of sulfone groups is 1. The van der Waals surface area contributed by atoms with Crippen LogP contribution in [0.25, 0.3) is 0 Å². The first kappa shape index (κ1) is 16.0. The van der Waals surface area contributed by atoms with Gasteiger partial charge in [-0.2, -0.15) is 0 Å². The van der Waals surface area contributed by atoms with E-state index < -0.39 is 32.9 Å². The SMILES string of the molecule is Cc1ccc([C@@H]2[C@H](C(=O)O)[C@H]2S(=O)(=O)c2ccc(Cl)cc2)cc1. The quantitative estimate of drug-likeness (QED) is 0.918. The molecule has 2 aromatic rings. The van der Waals surface area contributed by atoms with Crippen LogP contribution >= 0.6 is 11.6 Å². The van der Waals surface area contributed by atoms with E-state index in [1.165, 1.54) is 24.3 Å². The third-order valence-electron chi connectivity index (χ3n) is 4.20. The van der Waals surface area contributed by atoms with Crippen LogP contribution in [0.2, 0.25) is 5.02 Å². The molecule has 0 aliphatic heterocycles. The van der Waals surface area contributed by atoms with Crippen LogP contribution in [0.3, 0.4) is 0 Å². The van der Waals surface area contributed by atoms with Crippen molar-refractivity contribution in [2.24, 2.45) is 5.92 Å². The van der Waals surface area contributed by atoms with Crippen molar-refractivity contribution in [3.05, 3.63) is 64.7 Å². The molecule has 0 bridgehead atoms. The molecule has 23 heavy (non-hydrogen) atoms. The lowest BCUT2D eigenvalue weighted by atomic mass is 10.1. The topological polar surface area (TPSA) is 71.4 Å². The van der Waals surface area contributed by atoms with Gasteiger partial charge in [-0.05, 0) is 36.8 Å². The molecule has 6 heteroatoms. The summed E-state index contributed by atoms with van der Waals surface area (Å²) in [5.74, 6) is -2.52. The number of benzene rings is 2. The maximum atomic E-state index is 12.8. The maximum Gasteiger partial charge on any atom is 0.308 e. The number of hydrogen-bond acceptors (Lipinski definition) is 3. The molecule has 3 rings (SSSR count). The van der Waals surface area contributed by atoms with Crippen LogP contribution < -0.4 is 0 Å². The van der Waals surface area contributed by atoms with Crippen molar-refractivity contribution < 1.29 is 18.3 Å². The van der Waals surface area contributed by atoms with Gasteiger partial charge in [-0.15, -0.1) is 0 Å². The molecule has 1 N–H and O–H groups in total. The van der Waals surface area contributed by atoms with Crippen molar-refractivity contribution in [3.63, 3.8) is 0 Å². The predicted molar refractivity (Wildman–Crippen MR) is 87.5 cm³/mol. The molecule has 1 saturated carbocycles. The zero-order valence-corrected chi connectivity index (χ0v) is 13.9. The summed E-state index contributed by atoms with van der Waals surface area (Å²) < 4.78 is 25.5. The van der Waals surface area contributed by atoms with Gasteiger partial charge < -0.3 is 5.11 Å². The molecule has 0 aromatic heterocycles. The van der Waals surface area contributed by atoms with E-state index in [1.807, 2.05) is 19.1 Å². The number of carboxylic acids is 1. The van der Waals surface area contributed by atoms with Crippen molar-refractivity contribution in [2.45, 2.75) is 23.0 Å². The molecule has 0 unspecified atom stereocenters. The molecule has 0 spiro atoms. The molecule has 0 radical (unpaired) electrons. The van der Waals surface area contributed by atoms with Crippen molar-refractivity contribution in [1.82, 2.24) is 0 Å². The summed E-state index contributed by atoms with van der Waals surface area (Å²) in [5.41, 5.74) is 1.78. The number of hydrogen-bond donors (Lipinski definition) is 1. The van der Waals surface area contributed by atoms with Crippen LogP contribution in [-0.4, -0.2) is 24.7 Å². The monoisotopic (exact) mass is 350 g/mol. The van der Waals surface area contributed by atoms with Gasteiger partial charge in [0.05, 0.1) is 16.1 Å². The lowest BCUT2D eigenvalue weighted by molar-refractivity contribution is -0.138. The van der Waals surface area contributed by atoms with E-state index in [-0.39, 0.29) is 4.90 Å². The van der Waals surface area contributed by atoms with E-state index in [0.29, 0.717) is 5.02 Å². The molecule has 1 aliphatic rings. The minimum atomic E-state index is -3.72. The average Bonchev–Trinajstić information content (AvgIpc) is 3.25. The van der Waals surface area contributed by atoms with Gasteiger partial charge in [-0.25, -0.2) is 8.42 Å². The Bertz CT molecular complexity index is 841. The van der Waals surface area contributed by atoms with Gasteiger partial charge in [-0.1, -0.05) is 41.4 Å². The molecule has 1 fully saturated rings. The molecule has 0 saturated heterocycles. The van der Waals surface area contributed by atoms with Gasteiger partial charge in [-0.3, -0.25) is 4.79 Å². The lowest BCUT2D eigenvalue weighted by Crippen LogP contribution is -2.13. The molecule has 1 aliphatic carbocycles. The Kier molecular flexibility index (Phi) is 3.94. The fourth-order valence-corrected chi connectivity index (χ4v) is 5.18. The van der Waals surface area contributed by atoms with Crippen LogP contribution in [-0.2, 0) is 14.6 Å². The number of aliphatic carboxylic acids is 1. The van der Waals surface area contributed by atoms with Crippen molar-refractivity contribution in [2.75, 3.05) is 0 Å². The molecule has 2 aromatic carbocycles. The van der Waals surface area contributed by atoms with E-state index in [9.17, 15) is 18.3 Å². The Morgan fingerprint density at radius 2 is 1.61 bits per heavy atom.